The Kier molecular flexibility index (Phi) is 9.50. The van der Waals surface area contributed by atoms with Crippen molar-refractivity contribution in [2.75, 3.05) is 19.7 Å². The van der Waals surface area contributed by atoms with Gasteiger partial charge in [-0.25, -0.2) is 9.07 Å². The van der Waals surface area contributed by atoms with Crippen LogP contribution in [0, 0.1) is 5.82 Å². The second kappa shape index (κ2) is 13.0. The molecule has 1 N–H and O–H groups in total. The van der Waals surface area contributed by atoms with Gasteiger partial charge in [0.25, 0.3) is 0 Å². The monoisotopic (exact) mass is 495 g/mol. The molecule has 0 amide bonds. The van der Waals surface area contributed by atoms with Crippen LogP contribution >= 0.6 is 0 Å². The molecule has 0 bridgehead atoms. The number of hydrogen-bond acceptors (Lipinski definition) is 5. The molecule has 1 fully saturated rings. The van der Waals surface area contributed by atoms with Gasteiger partial charge in [0.2, 0.25) is 5.88 Å². The van der Waals surface area contributed by atoms with Gasteiger partial charge in [-0.3, -0.25) is 4.90 Å². The van der Waals surface area contributed by atoms with Crippen LogP contribution in [0.4, 0.5) is 4.39 Å². The quantitative estimate of drug-likeness (QED) is 0.320. The molecular formula is C29H38FN3O3. The zero-order valence-electron chi connectivity index (χ0n) is 21.4. The number of aryl methyl sites for hydroxylation is 1. The Morgan fingerprint density at radius 1 is 1.17 bits per heavy atom. The molecule has 1 aromatic heterocycles. The van der Waals surface area contributed by atoms with E-state index in [1.807, 2.05) is 35.0 Å². The predicted molar refractivity (Wildman–Crippen MR) is 139 cm³/mol. The Balaban J connectivity index is 1.69. The van der Waals surface area contributed by atoms with E-state index in [4.69, 9.17) is 14.6 Å². The number of nitrogens with zero attached hydrogens (tertiary/aromatic N) is 3. The lowest BCUT2D eigenvalue weighted by molar-refractivity contribution is 0.0433. The summed E-state index contributed by atoms with van der Waals surface area (Å²) >= 11 is 0. The van der Waals surface area contributed by atoms with Gasteiger partial charge in [-0.1, -0.05) is 44.9 Å². The second-order valence-corrected chi connectivity index (χ2v) is 9.51. The number of hydrogen-bond donors (Lipinski definition) is 1. The lowest BCUT2D eigenvalue weighted by atomic mass is 10.1. The molecule has 6 nitrogen and oxygen atoms in total. The van der Waals surface area contributed by atoms with Crippen LogP contribution < -0.4 is 4.74 Å². The molecular weight excluding hydrogens is 457 g/mol. The van der Waals surface area contributed by atoms with Gasteiger partial charge in [0.1, 0.15) is 11.6 Å². The van der Waals surface area contributed by atoms with Crippen molar-refractivity contribution >= 4 is 0 Å². The third-order valence-corrected chi connectivity index (χ3v) is 6.61. The highest BCUT2D eigenvalue weighted by molar-refractivity contribution is 5.43. The first-order valence-corrected chi connectivity index (χ1v) is 13.2. The summed E-state index contributed by atoms with van der Waals surface area (Å²) in [5.41, 5.74) is 2.81. The number of aliphatic hydroxyl groups is 1. The van der Waals surface area contributed by atoms with Gasteiger partial charge in [-0.2, -0.15) is 5.10 Å². The lowest BCUT2D eigenvalue weighted by Crippen LogP contribution is -2.37. The fourth-order valence-corrected chi connectivity index (χ4v) is 4.72. The first-order chi connectivity index (χ1) is 17.6. The summed E-state index contributed by atoms with van der Waals surface area (Å²) in [5, 5.41) is 15.7. The van der Waals surface area contributed by atoms with Crippen molar-refractivity contribution in [3.63, 3.8) is 0 Å². The zero-order chi connectivity index (χ0) is 25.3. The molecule has 3 aromatic rings. The second-order valence-electron chi connectivity index (χ2n) is 9.51. The standard InChI is InChI=1S/C29H38FN3O3/c1-3-5-12-24(34)19-32(20-26-13-9-18-35-26)21-27-28(4-2)31-33(23-10-7-6-8-11-23)29(27)36-25-16-14-22(30)15-17-25/h6-8,10-11,14-17,24,26,34H,3-5,9,12-13,18-21H2,1-2H3/t24-,26-/m0/s1. The summed E-state index contributed by atoms with van der Waals surface area (Å²) in [6, 6.07) is 15.9. The van der Waals surface area contributed by atoms with Gasteiger partial charge >= 0.3 is 0 Å². The number of aromatic nitrogens is 2. The Labute approximate surface area is 213 Å². The van der Waals surface area contributed by atoms with E-state index in [0.29, 0.717) is 24.7 Å². The molecule has 0 saturated carbocycles. The molecule has 36 heavy (non-hydrogen) atoms. The maximum Gasteiger partial charge on any atom is 0.227 e. The molecule has 1 aliphatic heterocycles. The Morgan fingerprint density at radius 2 is 1.94 bits per heavy atom. The molecule has 0 unspecified atom stereocenters. The van der Waals surface area contributed by atoms with Crippen molar-refractivity contribution in [3.8, 4) is 17.3 Å². The number of aliphatic hydroxyl groups excluding tert-OH is 1. The van der Waals surface area contributed by atoms with Gasteiger partial charge in [-0.15, -0.1) is 0 Å². The largest absolute Gasteiger partial charge is 0.439 e. The number of rotatable bonds is 13. The Hall–Kier alpha value is -2.74. The van der Waals surface area contributed by atoms with Gasteiger partial charge in [0.15, 0.2) is 0 Å². The molecule has 1 aliphatic rings. The molecule has 2 atom stereocenters. The van der Waals surface area contributed by atoms with Gasteiger partial charge < -0.3 is 14.6 Å². The molecule has 1 saturated heterocycles. The van der Waals surface area contributed by atoms with E-state index in [0.717, 1.165) is 68.6 Å². The van der Waals surface area contributed by atoms with Gasteiger partial charge in [0.05, 0.1) is 29.2 Å². The fourth-order valence-electron chi connectivity index (χ4n) is 4.72. The Morgan fingerprint density at radius 3 is 2.61 bits per heavy atom. The van der Waals surface area contributed by atoms with Crippen LogP contribution in [0.5, 0.6) is 11.6 Å². The summed E-state index contributed by atoms with van der Waals surface area (Å²) in [6.07, 6.45) is 5.44. The lowest BCUT2D eigenvalue weighted by Gasteiger charge is -2.28. The summed E-state index contributed by atoms with van der Waals surface area (Å²) in [7, 11) is 0. The minimum atomic E-state index is -0.401. The van der Waals surface area contributed by atoms with Crippen molar-refractivity contribution in [1.29, 1.82) is 0 Å². The van der Waals surface area contributed by atoms with Crippen molar-refractivity contribution in [2.45, 2.75) is 71.1 Å². The molecule has 0 aliphatic carbocycles. The van der Waals surface area contributed by atoms with Crippen molar-refractivity contribution in [2.24, 2.45) is 0 Å². The highest BCUT2D eigenvalue weighted by Crippen LogP contribution is 2.33. The van der Waals surface area contributed by atoms with Crippen LogP contribution in [0.25, 0.3) is 5.69 Å². The minimum Gasteiger partial charge on any atom is -0.439 e. The first kappa shape index (κ1) is 26.3. The predicted octanol–water partition coefficient (Wildman–Crippen LogP) is 5.90. The fraction of sp³-hybridized carbons (Fsp3) is 0.483. The van der Waals surface area contributed by atoms with E-state index in [1.165, 1.54) is 12.1 Å². The molecule has 4 rings (SSSR count). The maximum atomic E-state index is 13.6. The van der Waals surface area contributed by atoms with Crippen molar-refractivity contribution in [3.05, 3.63) is 71.7 Å². The van der Waals surface area contributed by atoms with Gasteiger partial charge in [0, 0.05) is 26.2 Å². The molecule has 2 aromatic carbocycles. The molecule has 7 heteroatoms. The van der Waals surface area contributed by atoms with E-state index in [1.54, 1.807) is 12.1 Å². The van der Waals surface area contributed by atoms with Crippen LogP contribution in [0.1, 0.15) is 57.2 Å². The van der Waals surface area contributed by atoms with E-state index in [-0.39, 0.29) is 11.9 Å². The first-order valence-electron chi connectivity index (χ1n) is 13.2. The van der Waals surface area contributed by atoms with Crippen LogP contribution in [-0.4, -0.2) is 51.7 Å². The van der Waals surface area contributed by atoms with Gasteiger partial charge in [-0.05, 0) is 62.1 Å². The zero-order valence-corrected chi connectivity index (χ0v) is 21.4. The molecule has 0 radical (unpaired) electrons. The van der Waals surface area contributed by atoms with Crippen LogP contribution in [-0.2, 0) is 17.7 Å². The number of benzene rings is 2. The summed E-state index contributed by atoms with van der Waals surface area (Å²) in [6.45, 7) is 6.91. The molecule has 0 spiro atoms. The maximum absolute atomic E-state index is 13.6. The number of para-hydroxylation sites is 1. The summed E-state index contributed by atoms with van der Waals surface area (Å²) in [5.74, 6) is 0.855. The highest BCUT2D eigenvalue weighted by atomic mass is 19.1. The normalized spacial score (nSPS) is 16.5. The average Bonchev–Trinajstić information content (AvgIpc) is 3.52. The number of ether oxygens (including phenoxy) is 2. The number of unbranched alkanes of at least 4 members (excludes halogenated alkanes) is 1. The van der Waals surface area contributed by atoms with E-state index in [9.17, 15) is 9.50 Å². The Bertz CT molecular complexity index is 1070. The summed E-state index contributed by atoms with van der Waals surface area (Å²) < 4.78 is 27.7. The highest BCUT2D eigenvalue weighted by Gasteiger charge is 2.26. The summed E-state index contributed by atoms with van der Waals surface area (Å²) in [4.78, 5) is 2.28. The van der Waals surface area contributed by atoms with E-state index in [2.05, 4.69) is 18.7 Å². The SMILES string of the molecule is CCCC[C@H](O)CN(Cc1c(CC)nn(-c2ccccc2)c1Oc1ccc(F)cc1)C[C@@H]1CCCO1. The molecule has 194 valence electrons. The van der Waals surface area contributed by atoms with Crippen molar-refractivity contribution in [1.82, 2.24) is 14.7 Å². The molecule has 2 heterocycles. The van der Waals surface area contributed by atoms with Crippen molar-refractivity contribution < 1.29 is 19.0 Å². The van der Waals surface area contributed by atoms with Crippen LogP contribution in [0.2, 0.25) is 0 Å². The topological polar surface area (TPSA) is 59.8 Å². The van der Waals surface area contributed by atoms with E-state index >= 15 is 0 Å². The smallest absolute Gasteiger partial charge is 0.227 e. The minimum absolute atomic E-state index is 0.166. The number of halogens is 1. The van der Waals surface area contributed by atoms with Crippen LogP contribution in [0.15, 0.2) is 54.6 Å². The third-order valence-electron chi connectivity index (χ3n) is 6.61. The average molecular weight is 496 g/mol. The van der Waals surface area contributed by atoms with E-state index < -0.39 is 6.10 Å². The van der Waals surface area contributed by atoms with Crippen LogP contribution in [0.3, 0.4) is 0 Å². The third kappa shape index (κ3) is 6.93.